The van der Waals surface area contributed by atoms with Gasteiger partial charge in [-0.1, -0.05) is 11.3 Å². The summed E-state index contributed by atoms with van der Waals surface area (Å²) in [6.07, 6.45) is 1.66. The van der Waals surface area contributed by atoms with Gasteiger partial charge in [0.05, 0.1) is 17.6 Å². The minimum atomic E-state index is 0.507. The first kappa shape index (κ1) is 13.0. The van der Waals surface area contributed by atoms with E-state index in [0.29, 0.717) is 16.4 Å². The molecule has 0 amide bonds. The van der Waals surface area contributed by atoms with Gasteiger partial charge in [0.25, 0.3) is 0 Å². The number of nitriles is 1. The summed E-state index contributed by atoms with van der Waals surface area (Å²) in [6.45, 7) is 0. The summed E-state index contributed by atoms with van der Waals surface area (Å²) in [6, 6.07) is 7.52. The number of nitrogens with zero attached hydrogens (tertiary/aromatic N) is 5. The first-order chi connectivity index (χ1) is 9.19. The quantitative estimate of drug-likeness (QED) is 0.683. The van der Waals surface area contributed by atoms with Gasteiger partial charge in [-0.05, 0) is 18.2 Å². The third-order valence-electron chi connectivity index (χ3n) is 2.16. The van der Waals surface area contributed by atoms with Gasteiger partial charge < -0.3 is 10.2 Å². The zero-order valence-electron chi connectivity index (χ0n) is 10.5. The molecule has 0 aliphatic carbocycles. The van der Waals surface area contributed by atoms with Crippen LogP contribution in [-0.2, 0) is 0 Å². The second-order valence-corrected chi connectivity index (χ2v) is 4.75. The van der Waals surface area contributed by atoms with Gasteiger partial charge in [-0.15, -0.1) is 10.2 Å². The van der Waals surface area contributed by atoms with Crippen LogP contribution in [0.25, 0.3) is 0 Å². The number of hydrogen-bond acceptors (Lipinski definition) is 6. The second kappa shape index (κ2) is 5.93. The first-order valence-corrected chi connectivity index (χ1v) is 6.35. The normalized spacial score (nSPS) is 10.4. The van der Waals surface area contributed by atoms with Crippen molar-refractivity contribution in [2.45, 2.75) is 0 Å². The molecular weight excluding hydrogens is 260 g/mol. The molecule has 96 valence electrons. The fourth-order valence-corrected chi connectivity index (χ4v) is 1.81. The molecule has 0 fully saturated rings. The molecule has 0 unspecified atom stereocenters. The minimum absolute atomic E-state index is 0.507. The van der Waals surface area contributed by atoms with E-state index >= 15 is 0 Å². The molecule has 0 aliphatic heterocycles. The number of benzene rings is 1. The van der Waals surface area contributed by atoms with Gasteiger partial charge in [0.1, 0.15) is 11.6 Å². The van der Waals surface area contributed by atoms with Crippen LogP contribution in [-0.4, -0.2) is 35.5 Å². The molecule has 2 aromatic rings. The number of rotatable bonds is 4. The lowest BCUT2D eigenvalue weighted by atomic mass is 10.2. The van der Waals surface area contributed by atoms with E-state index in [1.807, 2.05) is 25.1 Å². The van der Waals surface area contributed by atoms with E-state index in [1.54, 1.807) is 24.0 Å². The Morgan fingerprint density at radius 2 is 2.32 bits per heavy atom. The summed E-state index contributed by atoms with van der Waals surface area (Å²) in [5.74, 6) is 0. The van der Waals surface area contributed by atoms with Crippen LogP contribution < -0.4 is 5.32 Å². The SMILES string of the molecule is CN(C)/C=N/c1ccc(Nc2nncs2)cc1C#N. The summed E-state index contributed by atoms with van der Waals surface area (Å²) < 4.78 is 0. The monoisotopic (exact) mass is 272 g/mol. The van der Waals surface area contributed by atoms with Gasteiger partial charge in [-0.25, -0.2) is 4.99 Å². The Hall–Kier alpha value is -2.46. The van der Waals surface area contributed by atoms with E-state index < -0.39 is 0 Å². The molecule has 0 spiro atoms. The molecule has 0 saturated heterocycles. The Kier molecular flexibility index (Phi) is 4.05. The van der Waals surface area contributed by atoms with Gasteiger partial charge in [0.2, 0.25) is 5.13 Å². The Balaban J connectivity index is 2.24. The molecule has 1 heterocycles. The molecule has 0 atom stereocenters. The molecule has 1 aromatic carbocycles. The maximum Gasteiger partial charge on any atom is 0.209 e. The minimum Gasteiger partial charge on any atom is -0.369 e. The van der Waals surface area contributed by atoms with E-state index in [9.17, 15) is 0 Å². The Bertz CT molecular complexity index is 612. The summed E-state index contributed by atoms with van der Waals surface area (Å²) in [5.41, 5.74) is 3.58. The standard InChI is InChI=1S/C12H12N6S/c1-18(2)7-14-11-4-3-10(5-9(11)6-13)16-12-17-15-8-19-12/h3-5,7-8H,1-2H3,(H,16,17)/b14-7+. The number of hydrogen-bond donors (Lipinski definition) is 1. The predicted octanol–water partition coefficient (Wildman–Crippen LogP) is 2.37. The third-order valence-corrected chi connectivity index (χ3v) is 2.76. The fraction of sp³-hybridized carbons (Fsp3) is 0.167. The second-order valence-electron chi connectivity index (χ2n) is 3.92. The van der Waals surface area contributed by atoms with Crippen molar-refractivity contribution in [1.82, 2.24) is 15.1 Å². The highest BCUT2D eigenvalue weighted by molar-refractivity contribution is 7.13. The zero-order valence-corrected chi connectivity index (χ0v) is 11.3. The van der Waals surface area contributed by atoms with Crippen molar-refractivity contribution in [2.75, 3.05) is 19.4 Å². The molecular formula is C12H12N6S. The van der Waals surface area contributed by atoms with Crippen LogP contribution in [0.3, 0.4) is 0 Å². The highest BCUT2D eigenvalue weighted by Gasteiger charge is 2.04. The average molecular weight is 272 g/mol. The maximum absolute atomic E-state index is 9.14. The Labute approximate surface area is 115 Å². The van der Waals surface area contributed by atoms with Crippen molar-refractivity contribution in [3.8, 4) is 6.07 Å². The molecule has 2 rings (SSSR count). The van der Waals surface area contributed by atoms with Crippen molar-refractivity contribution in [1.29, 1.82) is 5.26 Å². The lowest BCUT2D eigenvalue weighted by molar-refractivity contribution is 0.643. The molecule has 19 heavy (non-hydrogen) atoms. The lowest BCUT2D eigenvalue weighted by Gasteiger charge is -2.06. The summed E-state index contributed by atoms with van der Waals surface area (Å²) in [5, 5.41) is 20.5. The maximum atomic E-state index is 9.14. The van der Waals surface area contributed by atoms with Gasteiger partial charge in [-0.3, -0.25) is 0 Å². The summed E-state index contributed by atoms with van der Waals surface area (Å²) >= 11 is 1.40. The first-order valence-electron chi connectivity index (χ1n) is 5.47. The van der Waals surface area contributed by atoms with Crippen molar-refractivity contribution in [3.05, 3.63) is 29.3 Å². The van der Waals surface area contributed by atoms with Gasteiger partial charge >= 0.3 is 0 Å². The number of aromatic nitrogens is 2. The molecule has 0 radical (unpaired) electrons. The van der Waals surface area contributed by atoms with E-state index in [1.165, 1.54) is 11.3 Å². The van der Waals surface area contributed by atoms with Crippen LogP contribution in [0.4, 0.5) is 16.5 Å². The van der Waals surface area contributed by atoms with E-state index in [4.69, 9.17) is 5.26 Å². The van der Waals surface area contributed by atoms with E-state index in [-0.39, 0.29) is 0 Å². The smallest absolute Gasteiger partial charge is 0.209 e. The third kappa shape index (κ3) is 3.50. The van der Waals surface area contributed by atoms with Gasteiger partial charge in [0.15, 0.2) is 0 Å². The number of anilines is 2. The van der Waals surface area contributed by atoms with Crippen LogP contribution in [0.2, 0.25) is 0 Å². The molecule has 1 aromatic heterocycles. The molecule has 6 nitrogen and oxygen atoms in total. The van der Waals surface area contributed by atoms with Crippen LogP contribution in [0.1, 0.15) is 5.56 Å². The van der Waals surface area contributed by atoms with Gasteiger partial charge in [0, 0.05) is 19.8 Å². The van der Waals surface area contributed by atoms with Crippen LogP contribution in [0.15, 0.2) is 28.7 Å². The Morgan fingerprint density at radius 1 is 1.47 bits per heavy atom. The fourth-order valence-electron chi connectivity index (χ4n) is 1.34. The van der Waals surface area contributed by atoms with Crippen LogP contribution >= 0.6 is 11.3 Å². The summed E-state index contributed by atoms with van der Waals surface area (Å²) in [4.78, 5) is 6.05. The van der Waals surface area contributed by atoms with Crippen molar-refractivity contribution in [3.63, 3.8) is 0 Å². The highest BCUT2D eigenvalue weighted by atomic mass is 32.1. The molecule has 0 aliphatic rings. The van der Waals surface area contributed by atoms with E-state index in [2.05, 4.69) is 26.6 Å². The summed E-state index contributed by atoms with van der Waals surface area (Å²) in [7, 11) is 3.75. The molecule has 0 bridgehead atoms. The number of nitrogens with one attached hydrogen (secondary N) is 1. The zero-order chi connectivity index (χ0) is 13.7. The molecule has 7 heteroatoms. The number of aliphatic imine (C=N–C) groups is 1. The largest absolute Gasteiger partial charge is 0.369 e. The average Bonchev–Trinajstić information content (AvgIpc) is 2.89. The molecule has 0 saturated carbocycles. The predicted molar refractivity (Wildman–Crippen MR) is 76.2 cm³/mol. The molecule has 1 N–H and O–H groups in total. The lowest BCUT2D eigenvalue weighted by Crippen LogP contribution is -2.07. The van der Waals surface area contributed by atoms with E-state index in [0.717, 1.165) is 5.69 Å². The highest BCUT2D eigenvalue weighted by Crippen LogP contribution is 2.25. The van der Waals surface area contributed by atoms with Crippen molar-refractivity contribution < 1.29 is 0 Å². The van der Waals surface area contributed by atoms with Crippen molar-refractivity contribution in [2.24, 2.45) is 4.99 Å². The topological polar surface area (TPSA) is 77.2 Å². The van der Waals surface area contributed by atoms with Gasteiger partial charge in [-0.2, -0.15) is 5.26 Å². The van der Waals surface area contributed by atoms with Crippen LogP contribution in [0.5, 0.6) is 0 Å². The van der Waals surface area contributed by atoms with Crippen LogP contribution in [0, 0.1) is 11.3 Å². The van der Waals surface area contributed by atoms with Crippen molar-refractivity contribution >= 4 is 34.2 Å². The Morgan fingerprint density at radius 3 is 2.95 bits per heavy atom.